The SMILES string of the molecule is Cc1nc(F)ccc1-c1cc(CNC2=NCCN2)cc(C(=O)NCC2CCC(=O)NC2)n1. The number of carbonyl (C=O) groups excluding carboxylic acids is 2. The van der Waals surface area contributed by atoms with Crippen molar-refractivity contribution in [2.75, 3.05) is 26.2 Å². The second-order valence-corrected chi connectivity index (χ2v) is 7.94. The quantitative estimate of drug-likeness (QED) is 0.497. The van der Waals surface area contributed by atoms with Crippen molar-refractivity contribution in [3.63, 3.8) is 0 Å². The molecule has 0 saturated carbocycles. The molecule has 4 heterocycles. The van der Waals surface area contributed by atoms with Gasteiger partial charge in [0, 0.05) is 43.9 Å². The molecule has 2 aliphatic rings. The average Bonchev–Trinajstić information content (AvgIpc) is 3.30. The first-order chi connectivity index (χ1) is 15.5. The number of rotatable bonds is 6. The van der Waals surface area contributed by atoms with E-state index in [1.54, 1.807) is 19.1 Å². The molecular weight excluding hydrogens is 413 g/mol. The van der Waals surface area contributed by atoms with Crippen molar-refractivity contribution in [3.05, 3.63) is 47.2 Å². The highest BCUT2D eigenvalue weighted by Crippen LogP contribution is 2.22. The fraction of sp³-hybridized carbons (Fsp3) is 0.409. The predicted octanol–water partition coefficient (Wildman–Crippen LogP) is 0.896. The van der Waals surface area contributed by atoms with Crippen molar-refractivity contribution in [3.8, 4) is 11.3 Å². The molecule has 10 heteroatoms. The van der Waals surface area contributed by atoms with E-state index in [1.807, 2.05) is 6.07 Å². The van der Waals surface area contributed by atoms with Gasteiger partial charge in [0.2, 0.25) is 11.9 Å². The summed E-state index contributed by atoms with van der Waals surface area (Å²) in [4.78, 5) is 37.0. The Morgan fingerprint density at radius 2 is 2.12 bits per heavy atom. The fourth-order valence-electron chi connectivity index (χ4n) is 3.73. The maximum absolute atomic E-state index is 13.5. The van der Waals surface area contributed by atoms with Crippen LogP contribution in [-0.4, -0.2) is 53.9 Å². The number of nitrogens with one attached hydrogen (secondary N) is 4. The molecule has 1 atom stereocenters. The van der Waals surface area contributed by atoms with Gasteiger partial charge in [0.15, 0.2) is 5.96 Å². The Morgan fingerprint density at radius 3 is 2.84 bits per heavy atom. The van der Waals surface area contributed by atoms with Crippen LogP contribution in [0, 0.1) is 18.8 Å². The predicted molar refractivity (Wildman–Crippen MR) is 117 cm³/mol. The van der Waals surface area contributed by atoms with Crippen LogP contribution in [0.3, 0.4) is 0 Å². The number of hydrogen-bond acceptors (Lipinski definition) is 7. The number of aliphatic imine (C=N–C) groups is 1. The van der Waals surface area contributed by atoms with Crippen molar-refractivity contribution in [1.82, 2.24) is 31.2 Å². The fourth-order valence-corrected chi connectivity index (χ4v) is 3.73. The summed E-state index contributed by atoms with van der Waals surface area (Å²) in [6, 6.07) is 6.49. The number of nitrogens with zero attached hydrogens (tertiary/aromatic N) is 3. The van der Waals surface area contributed by atoms with E-state index in [9.17, 15) is 14.0 Å². The Bertz CT molecular complexity index is 1050. The smallest absolute Gasteiger partial charge is 0.269 e. The standard InChI is InChI=1S/C22H26FN7O2/c1-13-16(3-4-19(23)29-13)17-8-15(12-28-22-24-6-7-25-22)9-18(30-17)21(32)27-11-14-2-5-20(31)26-10-14/h3-4,8-9,14H,2,5-7,10-12H2,1H3,(H,26,31)(H,27,32)(H2,24,25,28). The number of aromatic nitrogens is 2. The summed E-state index contributed by atoms with van der Waals surface area (Å²) in [5.74, 6) is 0.0917. The lowest BCUT2D eigenvalue weighted by molar-refractivity contribution is -0.122. The van der Waals surface area contributed by atoms with Crippen LogP contribution in [0.4, 0.5) is 4.39 Å². The number of hydrogen-bond donors (Lipinski definition) is 4. The monoisotopic (exact) mass is 439 g/mol. The van der Waals surface area contributed by atoms with Crippen LogP contribution in [0.5, 0.6) is 0 Å². The Kier molecular flexibility index (Phi) is 6.58. The highest BCUT2D eigenvalue weighted by atomic mass is 19.1. The lowest BCUT2D eigenvalue weighted by Gasteiger charge is -2.22. The molecule has 1 fully saturated rings. The number of halogens is 1. The van der Waals surface area contributed by atoms with Gasteiger partial charge in [-0.2, -0.15) is 4.39 Å². The summed E-state index contributed by atoms with van der Waals surface area (Å²) >= 11 is 0. The zero-order chi connectivity index (χ0) is 22.5. The molecule has 9 nitrogen and oxygen atoms in total. The Balaban J connectivity index is 1.54. The van der Waals surface area contributed by atoms with Gasteiger partial charge in [-0.3, -0.25) is 14.6 Å². The molecule has 1 unspecified atom stereocenters. The number of guanidine groups is 1. The largest absolute Gasteiger partial charge is 0.356 e. The van der Waals surface area contributed by atoms with Crippen LogP contribution >= 0.6 is 0 Å². The summed E-state index contributed by atoms with van der Waals surface area (Å²) in [6.45, 7) is 4.68. The van der Waals surface area contributed by atoms with Gasteiger partial charge in [-0.05, 0) is 49.1 Å². The topological polar surface area (TPSA) is 120 Å². The molecule has 4 N–H and O–H groups in total. The van der Waals surface area contributed by atoms with Gasteiger partial charge < -0.3 is 21.3 Å². The normalized spacial score (nSPS) is 17.9. The van der Waals surface area contributed by atoms with Gasteiger partial charge >= 0.3 is 0 Å². The minimum Gasteiger partial charge on any atom is -0.356 e. The minimum absolute atomic E-state index is 0.0451. The highest BCUT2D eigenvalue weighted by Gasteiger charge is 2.20. The highest BCUT2D eigenvalue weighted by molar-refractivity contribution is 5.93. The first-order valence-corrected chi connectivity index (χ1v) is 10.7. The Hall–Kier alpha value is -3.56. The molecular formula is C22H26FN7O2. The van der Waals surface area contributed by atoms with Crippen molar-refractivity contribution in [2.24, 2.45) is 10.9 Å². The molecule has 0 radical (unpaired) electrons. The van der Waals surface area contributed by atoms with Crippen molar-refractivity contribution < 1.29 is 14.0 Å². The van der Waals surface area contributed by atoms with E-state index in [2.05, 4.69) is 36.2 Å². The zero-order valence-electron chi connectivity index (χ0n) is 17.9. The third kappa shape index (κ3) is 5.37. The molecule has 1 saturated heterocycles. The number of carbonyl (C=O) groups is 2. The van der Waals surface area contributed by atoms with E-state index in [0.29, 0.717) is 49.0 Å². The summed E-state index contributed by atoms with van der Waals surface area (Å²) < 4.78 is 13.5. The summed E-state index contributed by atoms with van der Waals surface area (Å²) in [5, 5.41) is 12.1. The summed E-state index contributed by atoms with van der Waals surface area (Å²) in [7, 11) is 0. The number of amides is 2. The molecule has 0 spiro atoms. The van der Waals surface area contributed by atoms with Crippen LogP contribution < -0.4 is 21.3 Å². The second-order valence-electron chi connectivity index (χ2n) is 7.94. The average molecular weight is 439 g/mol. The van der Waals surface area contributed by atoms with Crippen LogP contribution in [0.15, 0.2) is 29.3 Å². The maximum atomic E-state index is 13.5. The first kappa shape index (κ1) is 21.7. The molecule has 168 valence electrons. The van der Waals surface area contributed by atoms with E-state index in [4.69, 9.17) is 0 Å². The van der Waals surface area contributed by atoms with E-state index >= 15 is 0 Å². The van der Waals surface area contributed by atoms with Crippen LogP contribution in [0.1, 0.15) is 34.6 Å². The molecule has 4 rings (SSSR count). The lowest BCUT2D eigenvalue weighted by atomic mass is 9.99. The molecule has 0 aliphatic carbocycles. The number of pyridine rings is 2. The van der Waals surface area contributed by atoms with Gasteiger partial charge in [-0.25, -0.2) is 9.97 Å². The maximum Gasteiger partial charge on any atom is 0.269 e. The van der Waals surface area contributed by atoms with Crippen LogP contribution in [0.25, 0.3) is 11.3 Å². The van der Waals surface area contributed by atoms with Crippen molar-refractivity contribution >= 4 is 17.8 Å². The van der Waals surface area contributed by atoms with E-state index in [0.717, 1.165) is 25.1 Å². The van der Waals surface area contributed by atoms with E-state index in [-0.39, 0.29) is 23.4 Å². The van der Waals surface area contributed by atoms with Gasteiger partial charge in [-0.1, -0.05) is 0 Å². The van der Waals surface area contributed by atoms with Gasteiger partial charge in [-0.15, -0.1) is 0 Å². The third-order valence-electron chi connectivity index (χ3n) is 5.50. The summed E-state index contributed by atoms with van der Waals surface area (Å²) in [6.07, 6.45) is 1.21. The summed E-state index contributed by atoms with van der Waals surface area (Å²) in [5.41, 5.74) is 2.81. The minimum atomic E-state index is -0.563. The molecule has 2 amide bonds. The molecule has 2 aromatic heterocycles. The van der Waals surface area contributed by atoms with Crippen molar-refractivity contribution in [2.45, 2.75) is 26.3 Å². The van der Waals surface area contributed by atoms with E-state index < -0.39 is 5.95 Å². The van der Waals surface area contributed by atoms with Gasteiger partial charge in [0.25, 0.3) is 5.91 Å². The number of aryl methyl sites for hydroxylation is 1. The number of piperidine rings is 1. The second kappa shape index (κ2) is 9.71. The van der Waals surface area contributed by atoms with Gasteiger partial charge in [0.1, 0.15) is 5.69 Å². The lowest BCUT2D eigenvalue weighted by Crippen LogP contribution is -2.40. The molecule has 2 aliphatic heterocycles. The Labute approximate surface area is 185 Å². The van der Waals surface area contributed by atoms with Crippen LogP contribution in [-0.2, 0) is 11.3 Å². The molecule has 32 heavy (non-hydrogen) atoms. The van der Waals surface area contributed by atoms with E-state index in [1.165, 1.54) is 6.07 Å². The molecule has 2 aromatic rings. The van der Waals surface area contributed by atoms with Gasteiger partial charge in [0.05, 0.1) is 12.2 Å². The van der Waals surface area contributed by atoms with Crippen molar-refractivity contribution in [1.29, 1.82) is 0 Å². The van der Waals surface area contributed by atoms with Crippen LogP contribution in [0.2, 0.25) is 0 Å². The first-order valence-electron chi connectivity index (χ1n) is 10.7. The third-order valence-corrected chi connectivity index (χ3v) is 5.50. The molecule has 0 bridgehead atoms. The zero-order valence-corrected chi connectivity index (χ0v) is 17.9. The Morgan fingerprint density at radius 1 is 1.25 bits per heavy atom. The molecule has 0 aromatic carbocycles.